The van der Waals surface area contributed by atoms with Crippen molar-refractivity contribution >= 4 is 52.4 Å². The van der Waals surface area contributed by atoms with Crippen LogP contribution in [0.4, 0.5) is 11.4 Å². The largest absolute Gasteiger partial charge is 0.495 e. The van der Waals surface area contributed by atoms with Gasteiger partial charge in [0.15, 0.2) is 5.16 Å². The average molecular weight is 505 g/mol. The number of carbonyl (C=O) groups is 1. The minimum absolute atomic E-state index is 0.0268. The Morgan fingerprint density at radius 1 is 1.33 bits per heavy atom. The van der Waals surface area contributed by atoms with E-state index < -0.39 is 4.92 Å². The van der Waals surface area contributed by atoms with Gasteiger partial charge in [-0.05, 0) is 30.3 Å². The van der Waals surface area contributed by atoms with Gasteiger partial charge in [0.2, 0.25) is 5.91 Å². The molecule has 2 aromatic carbocycles. The van der Waals surface area contributed by atoms with Crippen molar-refractivity contribution < 1.29 is 14.5 Å². The first-order valence-electron chi connectivity index (χ1n) is 9.67. The number of ether oxygens (including phenoxy) is 1. The van der Waals surface area contributed by atoms with Crippen LogP contribution in [-0.2, 0) is 11.2 Å². The third-order valence-electron chi connectivity index (χ3n) is 4.75. The number of fused-ring (bicyclic) bond motifs is 1. The monoisotopic (exact) mass is 504 g/mol. The highest BCUT2D eigenvalue weighted by molar-refractivity contribution is 8.00. The molecule has 1 amide bonds. The molecule has 4 rings (SSSR count). The van der Waals surface area contributed by atoms with Gasteiger partial charge < -0.3 is 10.1 Å². The number of thioether (sulfide) groups is 2. The molecule has 0 aliphatic carbocycles. The maximum atomic E-state index is 13.2. The summed E-state index contributed by atoms with van der Waals surface area (Å²) >= 11 is 8.55. The normalized spacial score (nSPS) is 12.3. The third kappa shape index (κ3) is 5.00. The Bertz CT molecular complexity index is 1300. The number of carbonyl (C=O) groups excluding carboxylic acids is 1. The van der Waals surface area contributed by atoms with Crippen molar-refractivity contribution in [3.8, 4) is 11.4 Å². The van der Waals surface area contributed by atoms with Crippen molar-refractivity contribution in [3.05, 3.63) is 73.6 Å². The fourth-order valence-electron chi connectivity index (χ4n) is 3.23. The van der Waals surface area contributed by atoms with E-state index in [4.69, 9.17) is 16.3 Å². The second kappa shape index (κ2) is 9.86. The summed E-state index contributed by atoms with van der Waals surface area (Å²) in [5.41, 5.74) is 1.23. The lowest BCUT2D eigenvalue weighted by molar-refractivity contribution is -0.384. The van der Waals surface area contributed by atoms with Crippen LogP contribution >= 0.6 is 35.1 Å². The lowest BCUT2D eigenvalue weighted by atomic mass is 10.2. The van der Waals surface area contributed by atoms with Crippen molar-refractivity contribution in [1.29, 1.82) is 0 Å². The van der Waals surface area contributed by atoms with Gasteiger partial charge in [0.25, 0.3) is 11.2 Å². The molecule has 12 heteroatoms. The molecule has 33 heavy (non-hydrogen) atoms. The number of amides is 1. The Morgan fingerprint density at radius 2 is 2.09 bits per heavy atom. The first kappa shape index (κ1) is 23.1. The zero-order chi connectivity index (χ0) is 23.5. The summed E-state index contributed by atoms with van der Waals surface area (Å²) in [7, 11) is 1.49. The Morgan fingerprint density at radius 3 is 2.79 bits per heavy atom. The van der Waals surface area contributed by atoms with Gasteiger partial charge in [0.05, 0.1) is 39.8 Å². The molecule has 0 unspecified atom stereocenters. The number of nitrogens with zero attached hydrogens (tertiary/aromatic N) is 3. The van der Waals surface area contributed by atoms with Crippen molar-refractivity contribution in [3.63, 3.8) is 0 Å². The van der Waals surface area contributed by atoms with E-state index in [1.54, 1.807) is 18.2 Å². The molecule has 0 saturated carbocycles. The van der Waals surface area contributed by atoms with Crippen LogP contribution in [0.5, 0.6) is 5.75 Å². The standard InChI is InChI=1S/C21H17ClN4O5S2/c1-31-17-7-2-12(22)10-16(17)23-18(27)11-33-21-24-15-8-9-32-19(15)20(28)25(21)13-3-5-14(6-4-13)26(29)30/h2-7,10H,8-9,11H2,1H3,(H,23,27). The first-order chi connectivity index (χ1) is 15.9. The predicted molar refractivity (Wildman–Crippen MR) is 128 cm³/mol. The number of rotatable bonds is 7. The number of hydrogen-bond donors (Lipinski definition) is 1. The lowest BCUT2D eigenvalue weighted by Crippen LogP contribution is -2.24. The van der Waals surface area contributed by atoms with Gasteiger partial charge in [-0.3, -0.25) is 24.3 Å². The molecule has 0 atom stereocenters. The first-order valence-corrected chi connectivity index (χ1v) is 12.0. The minimum Gasteiger partial charge on any atom is -0.495 e. The van der Waals surface area contributed by atoms with Crippen LogP contribution in [0.3, 0.4) is 0 Å². The number of nitro groups is 1. The molecule has 0 saturated heterocycles. The SMILES string of the molecule is COc1ccc(Cl)cc1NC(=O)CSc1nc2c(c(=O)n1-c1ccc([N+](=O)[O-])cc1)SCC2. The molecule has 0 fully saturated rings. The van der Waals surface area contributed by atoms with Crippen LogP contribution in [0.1, 0.15) is 5.69 Å². The topological polar surface area (TPSA) is 116 Å². The Labute approximate surface area is 201 Å². The summed E-state index contributed by atoms with van der Waals surface area (Å²) < 4.78 is 6.63. The highest BCUT2D eigenvalue weighted by atomic mass is 35.5. The molecule has 0 bridgehead atoms. The van der Waals surface area contributed by atoms with E-state index >= 15 is 0 Å². The summed E-state index contributed by atoms with van der Waals surface area (Å²) in [5, 5.41) is 14.5. The molecular weight excluding hydrogens is 488 g/mol. The molecule has 1 aliphatic heterocycles. The van der Waals surface area contributed by atoms with Crippen LogP contribution in [0.2, 0.25) is 5.02 Å². The van der Waals surface area contributed by atoms with Crippen LogP contribution in [0.15, 0.2) is 57.3 Å². The van der Waals surface area contributed by atoms with E-state index in [1.165, 1.54) is 47.7 Å². The van der Waals surface area contributed by atoms with E-state index in [2.05, 4.69) is 10.3 Å². The van der Waals surface area contributed by atoms with Crippen LogP contribution in [-0.4, -0.2) is 39.0 Å². The zero-order valence-electron chi connectivity index (χ0n) is 17.2. The Balaban J connectivity index is 1.62. The van der Waals surface area contributed by atoms with Crippen molar-refractivity contribution in [2.24, 2.45) is 0 Å². The molecular formula is C21H17ClN4O5S2. The fourth-order valence-corrected chi connectivity index (χ4v) is 5.26. The van der Waals surface area contributed by atoms with Gasteiger partial charge in [0.1, 0.15) is 5.75 Å². The molecule has 170 valence electrons. The number of halogens is 1. The number of non-ortho nitro benzene ring substituents is 1. The quantitative estimate of drug-likeness (QED) is 0.220. The minimum atomic E-state index is -0.506. The third-order valence-corrected chi connectivity index (χ3v) is 7.03. The molecule has 0 spiro atoms. The maximum absolute atomic E-state index is 13.2. The number of aryl methyl sites for hydroxylation is 1. The summed E-state index contributed by atoms with van der Waals surface area (Å²) in [6, 6.07) is 10.5. The number of nitrogens with one attached hydrogen (secondary N) is 1. The molecule has 9 nitrogen and oxygen atoms in total. The highest BCUT2D eigenvalue weighted by Crippen LogP contribution is 2.31. The van der Waals surface area contributed by atoms with Crippen LogP contribution in [0.25, 0.3) is 5.69 Å². The second-order valence-electron chi connectivity index (χ2n) is 6.86. The van der Waals surface area contributed by atoms with Crippen molar-refractivity contribution in [2.75, 3.05) is 23.9 Å². The predicted octanol–water partition coefficient (Wildman–Crippen LogP) is 4.18. The summed E-state index contributed by atoms with van der Waals surface area (Å²) in [6.07, 6.45) is 0.663. The van der Waals surface area contributed by atoms with E-state index in [0.717, 1.165) is 17.5 Å². The van der Waals surface area contributed by atoms with Gasteiger partial charge in [-0.2, -0.15) is 0 Å². The Hall–Kier alpha value is -3.02. The van der Waals surface area contributed by atoms with Gasteiger partial charge in [-0.25, -0.2) is 4.98 Å². The molecule has 2 heterocycles. The summed E-state index contributed by atoms with van der Waals surface area (Å²) in [4.78, 5) is 41.5. The maximum Gasteiger partial charge on any atom is 0.272 e. The van der Waals surface area contributed by atoms with Crippen molar-refractivity contribution in [2.45, 2.75) is 16.5 Å². The second-order valence-corrected chi connectivity index (χ2v) is 9.35. The number of aromatic nitrogens is 2. The van der Waals surface area contributed by atoms with E-state index in [9.17, 15) is 19.7 Å². The van der Waals surface area contributed by atoms with Crippen LogP contribution < -0.4 is 15.6 Å². The highest BCUT2D eigenvalue weighted by Gasteiger charge is 2.23. The zero-order valence-corrected chi connectivity index (χ0v) is 19.6. The number of hydrogen-bond acceptors (Lipinski definition) is 8. The molecule has 3 aromatic rings. The molecule has 1 aromatic heterocycles. The molecule has 0 radical (unpaired) electrons. The average Bonchev–Trinajstić information content (AvgIpc) is 3.27. The number of methoxy groups -OCH3 is 1. The van der Waals surface area contributed by atoms with E-state index in [-0.39, 0.29) is 22.9 Å². The van der Waals surface area contributed by atoms with Crippen molar-refractivity contribution in [1.82, 2.24) is 9.55 Å². The number of nitro benzene ring substituents is 1. The van der Waals surface area contributed by atoms with E-state index in [0.29, 0.717) is 44.3 Å². The Kier molecular flexibility index (Phi) is 6.91. The van der Waals surface area contributed by atoms with Crippen LogP contribution in [0, 0.1) is 10.1 Å². The lowest BCUT2D eigenvalue weighted by Gasteiger charge is -2.14. The molecule has 1 N–H and O–H groups in total. The van der Waals surface area contributed by atoms with Gasteiger partial charge in [0, 0.05) is 29.3 Å². The summed E-state index contributed by atoms with van der Waals surface area (Å²) in [5.74, 6) is 0.857. The number of anilines is 1. The van der Waals surface area contributed by atoms with Gasteiger partial charge in [-0.1, -0.05) is 23.4 Å². The fraction of sp³-hybridized carbons (Fsp3) is 0.190. The van der Waals surface area contributed by atoms with Gasteiger partial charge >= 0.3 is 0 Å². The molecule has 1 aliphatic rings. The smallest absolute Gasteiger partial charge is 0.272 e. The number of benzene rings is 2. The summed E-state index contributed by atoms with van der Waals surface area (Å²) in [6.45, 7) is 0. The van der Waals surface area contributed by atoms with E-state index in [1.807, 2.05) is 0 Å². The van der Waals surface area contributed by atoms with Gasteiger partial charge in [-0.15, -0.1) is 11.8 Å².